The fraction of sp³-hybridized carbons (Fsp3) is 0.486. The van der Waals surface area contributed by atoms with E-state index in [9.17, 15) is 0 Å². The van der Waals surface area contributed by atoms with Crippen LogP contribution in [0.1, 0.15) is 42.4 Å². The van der Waals surface area contributed by atoms with Gasteiger partial charge in [0.05, 0.1) is 13.2 Å². The van der Waals surface area contributed by atoms with Crippen LogP contribution in [0.25, 0.3) is 0 Å². The first-order chi connectivity index (χ1) is 20.4. The fourth-order valence-corrected chi connectivity index (χ4v) is 4.56. The Morgan fingerprint density at radius 2 is 0.780 bits per heavy atom. The lowest BCUT2D eigenvalue weighted by Crippen LogP contribution is -2.21. The van der Waals surface area contributed by atoms with E-state index >= 15 is 0 Å². The molecular formula is C35H51N3O3. The van der Waals surface area contributed by atoms with Gasteiger partial charge in [-0.1, -0.05) is 91.0 Å². The summed E-state index contributed by atoms with van der Waals surface area (Å²) < 4.78 is 17.9. The van der Waals surface area contributed by atoms with Crippen molar-refractivity contribution in [1.29, 1.82) is 0 Å². The van der Waals surface area contributed by atoms with Gasteiger partial charge in [0.15, 0.2) is 0 Å². The maximum absolute atomic E-state index is 5.98. The number of rotatable bonds is 25. The Bertz CT molecular complexity index is 922. The molecule has 0 atom stereocenters. The number of hydrogen-bond donors (Lipinski definition) is 3. The van der Waals surface area contributed by atoms with E-state index in [1.165, 1.54) is 16.7 Å². The molecule has 3 N–H and O–H groups in total. The van der Waals surface area contributed by atoms with Crippen LogP contribution < -0.4 is 16.0 Å². The lowest BCUT2D eigenvalue weighted by molar-refractivity contribution is 0.0761. The summed E-state index contributed by atoms with van der Waals surface area (Å²) in [7, 11) is 0. The minimum absolute atomic E-state index is 0.542. The zero-order valence-electron chi connectivity index (χ0n) is 24.8. The molecule has 0 bridgehead atoms. The van der Waals surface area contributed by atoms with Crippen molar-refractivity contribution in [2.75, 3.05) is 59.3 Å². The van der Waals surface area contributed by atoms with Crippen LogP contribution in [0.4, 0.5) is 0 Å². The fourth-order valence-electron chi connectivity index (χ4n) is 4.56. The molecule has 0 radical (unpaired) electrons. The minimum Gasteiger partial charge on any atom is -0.381 e. The van der Waals surface area contributed by atoms with Crippen LogP contribution in [0.15, 0.2) is 91.0 Å². The molecule has 0 fully saturated rings. The van der Waals surface area contributed by atoms with Crippen molar-refractivity contribution in [3.8, 4) is 0 Å². The Morgan fingerprint density at radius 1 is 0.415 bits per heavy atom. The molecule has 0 aliphatic rings. The summed E-state index contributed by atoms with van der Waals surface area (Å²) in [6.07, 6.45) is 4.14. The molecule has 0 aromatic heterocycles. The van der Waals surface area contributed by atoms with Gasteiger partial charge in [0.25, 0.3) is 0 Å². The van der Waals surface area contributed by atoms with Crippen molar-refractivity contribution in [3.05, 3.63) is 108 Å². The van der Waals surface area contributed by atoms with E-state index in [0.717, 1.165) is 105 Å². The van der Waals surface area contributed by atoms with E-state index in [0.29, 0.717) is 5.92 Å². The zero-order chi connectivity index (χ0) is 28.5. The quantitative estimate of drug-likeness (QED) is 0.117. The van der Waals surface area contributed by atoms with Gasteiger partial charge in [-0.15, -0.1) is 0 Å². The second-order valence-electron chi connectivity index (χ2n) is 10.4. The van der Waals surface area contributed by atoms with Crippen LogP contribution in [0, 0.1) is 5.92 Å². The lowest BCUT2D eigenvalue weighted by Gasteiger charge is -2.17. The molecule has 0 spiro atoms. The molecule has 6 nitrogen and oxygen atoms in total. The predicted molar refractivity (Wildman–Crippen MR) is 169 cm³/mol. The van der Waals surface area contributed by atoms with Gasteiger partial charge in [-0.05, 0) is 54.8 Å². The molecule has 0 aliphatic heterocycles. The molecule has 3 aromatic carbocycles. The van der Waals surface area contributed by atoms with Crippen LogP contribution >= 0.6 is 0 Å². The highest BCUT2D eigenvalue weighted by atomic mass is 16.5. The first-order valence-electron chi connectivity index (χ1n) is 15.4. The molecule has 0 unspecified atom stereocenters. The van der Waals surface area contributed by atoms with E-state index in [2.05, 4.69) is 94.8 Å². The van der Waals surface area contributed by atoms with Gasteiger partial charge in [-0.25, -0.2) is 0 Å². The van der Waals surface area contributed by atoms with Crippen LogP contribution in [0.2, 0.25) is 0 Å². The normalized spacial score (nSPS) is 11.3. The van der Waals surface area contributed by atoms with Crippen LogP contribution in [-0.4, -0.2) is 59.3 Å². The van der Waals surface area contributed by atoms with E-state index in [4.69, 9.17) is 14.2 Å². The highest BCUT2D eigenvalue weighted by molar-refractivity contribution is 5.15. The van der Waals surface area contributed by atoms with Crippen molar-refractivity contribution in [2.24, 2.45) is 5.92 Å². The molecule has 0 aliphatic carbocycles. The highest BCUT2D eigenvalue weighted by Gasteiger charge is 2.09. The molecule has 3 aromatic rings. The Morgan fingerprint density at radius 3 is 1.20 bits per heavy atom. The maximum Gasteiger partial charge on any atom is 0.0591 e. The van der Waals surface area contributed by atoms with Gasteiger partial charge in [0.1, 0.15) is 0 Å². The summed E-state index contributed by atoms with van der Waals surface area (Å²) in [4.78, 5) is 0. The van der Waals surface area contributed by atoms with Crippen molar-refractivity contribution >= 4 is 0 Å². The van der Waals surface area contributed by atoms with E-state index in [1.807, 2.05) is 12.1 Å². The van der Waals surface area contributed by atoms with Crippen molar-refractivity contribution in [1.82, 2.24) is 16.0 Å². The third kappa shape index (κ3) is 17.1. The maximum atomic E-state index is 5.98. The molecule has 3 rings (SSSR count). The van der Waals surface area contributed by atoms with Gasteiger partial charge in [-0.2, -0.15) is 0 Å². The topological polar surface area (TPSA) is 63.8 Å². The Hall–Kier alpha value is -2.58. The third-order valence-corrected chi connectivity index (χ3v) is 7.02. The second kappa shape index (κ2) is 23.0. The summed E-state index contributed by atoms with van der Waals surface area (Å²) in [5.41, 5.74) is 3.92. The zero-order valence-corrected chi connectivity index (χ0v) is 24.8. The monoisotopic (exact) mass is 561 g/mol. The number of benzene rings is 3. The lowest BCUT2D eigenvalue weighted by atomic mass is 9.99. The van der Waals surface area contributed by atoms with Gasteiger partial charge >= 0.3 is 0 Å². The molecule has 41 heavy (non-hydrogen) atoms. The summed E-state index contributed by atoms with van der Waals surface area (Å²) in [5.74, 6) is 0.542. The van der Waals surface area contributed by atoms with Gasteiger partial charge in [0, 0.05) is 59.2 Å². The second-order valence-corrected chi connectivity index (χ2v) is 10.4. The van der Waals surface area contributed by atoms with E-state index < -0.39 is 0 Å². The summed E-state index contributed by atoms with van der Waals surface area (Å²) in [6, 6.07) is 31.5. The Labute approximate surface area is 248 Å². The van der Waals surface area contributed by atoms with Crippen LogP contribution in [0.5, 0.6) is 0 Å². The average Bonchev–Trinajstić information content (AvgIpc) is 3.02. The average molecular weight is 562 g/mol. The molecule has 224 valence electrons. The van der Waals surface area contributed by atoms with Crippen LogP contribution in [0.3, 0.4) is 0 Å². The Kier molecular flexibility index (Phi) is 18.5. The molecular weight excluding hydrogens is 510 g/mol. The van der Waals surface area contributed by atoms with E-state index in [1.54, 1.807) is 0 Å². The first-order valence-corrected chi connectivity index (χ1v) is 15.4. The smallest absolute Gasteiger partial charge is 0.0591 e. The van der Waals surface area contributed by atoms with Crippen molar-refractivity contribution in [2.45, 2.75) is 45.3 Å². The minimum atomic E-state index is 0.542. The Balaban J connectivity index is 1.22. The SMILES string of the molecule is c1ccc(CNCCCOCCC(CCOCCNCc2ccccc2)CCOCCNCc2ccccc2)cc1. The molecule has 0 saturated carbocycles. The summed E-state index contributed by atoms with van der Waals surface area (Å²) in [6.45, 7) is 9.96. The molecule has 0 amide bonds. The predicted octanol–water partition coefficient (Wildman–Crippen LogP) is 5.58. The van der Waals surface area contributed by atoms with E-state index in [-0.39, 0.29) is 0 Å². The van der Waals surface area contributed by atoms with Gasteiger partial charge in [0.2, 0.25) is 0 Å². The largest absolute Gasteiger partial charge is 0.381 e. The summed E-state index contributed by atoms with van der Waals surface area (Å²) in [5, 5.41) is 10.4. The number of nitrogens with one attached hydrogen (secondary N) is 3. The highest BCUT2D eigenvalue weighted by Crippen LogP contribution is 2.14. The van der Waals surface area contributed by atoms with Gasteiger partial charge in [-0.3, -0.25) is 0 Å². The standard InChI is InChI=1S/C35H51N3O3/c1-4-11-33(12-5-1)29-36-20-10-23-39-24-17-32(18-25-40-27-21-37-30-34-13-6-2-7-14-34)19-26-41-28-22-38-31-35-15-8-3-9-16-35/h1-9,11-16,32,36-38H,10,17-31H2. The van der Waals surface area contributed by atoms with Crippen molar-refractivity contribution in [3.63, 3.8) is 0 Å². The number of ether oxygens (including phenoxy) is 3. The molecule has 0 saturated heterocycles. The van der Waals surface area contributed by atoms with Gasteiger partial charge < -0.3 is 30.2 Å². The molecule has 6 heteroatoms. The summed E-state index contributed by atoms with van der Waals surface area (Å²) >= 11 is 0. The molecule has 0 heterocycles. The number of hydrogen-bond acceptors (Lipinski definition) is 6. The third-order valence-electron chi connectivity index (χ3n) is 7.02. The van der Waals surface area contributed by atoms with Crippen LogP contribution in [-0.2, 0) is 33.8 Å². The van der Waals surface area contributed by atoms with Crippen molar-refractivity contribution < 1.29 is 14.2 Å². The first kappa shape index (κ1) is 32.9.